The summed E-state index contributed by atoms with van der Waals surface area (Å²) < 4.78 is 4.86. The zero-order chi connectivity index (χ0) is 14.0. The van der Waals surface area contributed by atoms with E-state index in [0.29, 0.717) is 18.8 Å². The third-order valence-corrected chi connectivity index (χ3v) is 4.39. The Bertz CT molecular complexity index is 469. The molecule has 0 heterocycles. The molecule has 0 amide bonds. The molecule has 19 heavy (non-hydrogen) atoms. The van der Waals surface area contributed by atoms with Gasteiger partial charge < -0.3 is 9.84 Å². The highest BCUT2D eigenvalue weighted by Gasteiger charge is 2.46. The maximum Gasteiger partial charge on any atom is 0.311 e. The van der Waals surface area contributed by atoms with Crippen LogP contribution in [0.4, 0.5) is 0 Å². The third-order valence-electron chi connectivity index (χ3n) is 4.39. The zero-order valence-corrected chi connectivity index (χ0v) is 11.8. The van der Waals surface area contributed by atoms with E-state index in [4.69, 9.17) is 4.74 Å². The smallest absolute Gasteiger partial charge is 0.311 e. The van der Waals surface area contributed by atoms with Gasteiger partial charge in [0.25, 0.3) is 0 Å². The fourth-order valence-electron chi connectivity index (χ4n) is 3.25. The Balaban J connectivity index is 2.49. The summed E-state index contributed by atoms with van der Waals surface area (Å²) in [5.74, 6) is -0.396. The molecule has 0 aromatic heterocycles. The zero-order valence-electron chi connectivity index (χ0n) is 11.8. The Labute approximate surface area is 114 Å². The normalized spacial score (nSPS) is 27.5. The summed E-state index contributed by atoms with van der Waals surface area (Å²) in [5, 5.41) is 11.1. The monoisotopic (exact) mass is 262 g/mol. The van der Waals surface area contributed by atoms with Gasteiger partial charge >= 0.3 is 5.97 Å². The first-order valence-corrected chi connectivity index (χ1v) is 6.94. The van der Waals surface area contributed by atoms with Crippen LogP contribution in [-0.4, -0.2) is 18.2 Å². The van der Waals surface area contributed by atoms with Gasteiger partial charge in [0.05, 0.1) is 13.0 Å². The molecular weight excluding hydrogens is 240 g/mol. The van der Waals surface area contributed by atoms with Gasteiger partial charge in [-0.25, -0.2) is 0 Å². The van der Waals surface area contributed by atoms with Crippen molar-refractivity contribution in [3.05, 3.63) is 35.4 Å². The van der Waals surface area contributed by atoms with Crippen LogP contribution >= 0.6 is 0 Å². The predicted octanol–water partition coefficient (Wildman–Crippen LogP) is 2.97. The first kappa shape index (κ1) is 14.1. The Kier molecular flexibility index (Phi) is 3.95. The third kappa shape index (κ3) is 2.27. The largest absolute Gasteiger partial charge is 0.469 e. The van der Waals surface area contributed by atoms with Gasteiger partial charge in [0, 0.05) is 0 Å². The average Bonchev–Trinajstić information content (AvgIpc) is 2.44. The molecule has 1 aliphatic carbocycles. The molecule has 3 atom stereocenters. The van der Waals surface area contributed by atoms with Gasteiger partial charge in [-0.05, 0) is 36.3 Å². The molecule has 0 saturated carbocycles. The van der Waals surface area contributed by atoms with E-state index in [1.54, 1.807) is 0 Å². The number of methoxy groups -OCH3 is 1. The van der Waals surface area contributed by atoms with Crippen molar-refractivity contribution in [1.82, 2.24) is 0 Å². The highest BCUT2D eigenvalue weighted by Crippen LogP contribution is 2.46. The van der Waals surface area contributed by atoms with Gasteiger partial charge in [0.2, 0.25) is 0 Å². The van der Waals surface area contributed by atoms with Gasteiger partial charge in [-0.3, -0.25) is 4.79 Å². The van der Waals surface area contributed by atoms with Gasteiger partial charge in [0.1, 0.15) is 5.60 Å². The quantitative estimate of drug-likeness (QED) is 0.852. The summed E-state index contributed by atoms with van der Waals surface area (Å²) in [5.41, 5.74) is 0.954. The lowest BCUT2D eigenvalue weighted by atomic mass is 9.68. The van der Waals surface area contributed by atoms with Crippen molar-refractivity contribution in [2.75, 3.05) is 7.11 Å². The topological polar surface area (TPSA) is 46.5 Å². The van der Waals surface area contributed by atoms with Crippen LogP contribution in [0.3, 0.4) is 0 Å². The van der Waals surface area contributed by atoms with Gasteiger partial charge in [-0.2, -0.15) is 0 Å². The number of carbonyl (C=O) groups excluding carboxylic acids is 1. The Morgan fingerprint density at radius 1 is 1.53 bits per heavy atom. The molecule has 0 aliphatic heterocycles. The fraction of sp³-hybridized carbons (Fsp3) is 0.562. The van der Waals surface area contributed by atoms with Crippen LogP contribution in [0.15, 0.2) is 24.3 Å². The number of hydrogen-bond acceptors (Lipinski definition) is 3. The summed E-state index contributed by atoms with van der Waals surface area (Å²) in [6.45, 7) is 4.08. The summed E-state index contributed by atoms with van der Waals surface area (Å²) >= 11 is 0. The molecule has 0 bridgehead atoms. The van der Waals surface area contributed by atoms with Gasteiger partial charge in [-0.15, -0.1) is 0 Å². The van der Waals surface area contributed by atoms with Crippen molar-refractivity contribution in [3.8, 4) is 0 Å². The molecule has 3 unspecified atom stereocenters. The first-order chi connectivity index (χ1) is 9.04. The van der Waals surface area contributed by atoms with E-state index in [2.05, 4.69) is 6.92 Å². The molecule has 1 N–H and O–H groups in total. The van der Waals surface area contributed by atoms with Crippen molar-refractivity contribution in [2.24, 2.45) is 5.92 Å². The van der Waals surface area contributed by atoms with Crippen molar-refractivity contribution < 1.29 is 14.6 Å². The lowest BCUT2D eigenvalue weighted by Gasteiger charge is -2.41. The SMILES string of the molecule is CCC(C(=O)OC)C1(O)CCC(C)c2ccccc21. The molecule has 1 aromatic rings. The number of carbonyl (C=O) groups is 1. The van der Waals surface area contributed by atoms with E-state index in [1.807, 2.05) is 31.2 Å². The minimum Gasteiger partial charge on any atom is -0.469 e. The summed E-state index contributed by atoms with van der Waals surface area (Å²) in [6, 6.07) is 7.90. The standard InChI is InChI=1S/C16H22O3/c1-4-13(15(17)19-3)16(18)10-9-11(2)12-7-5-6-8-14(12)16/h5-8,11,13,18H,4,9-10H2,1-3H3. The van der Waals surface area contributed by atoms with E-state index in [9.17, 15) is 9.90 Å². The van der Waals surface area contributed by atoms with Crippen molar-refractivity contribution in [2.45, 2.75) is 44.6 Å². The minimum absolute atomic E-state index is 0.325. The molecule has 0 radical (unpaired) electrons. The van der Waals surface area contributed by atoms with Crippen molar-refractivity contribution in [1.29, 1.82) is 0 Å². The van der Waals surface area contributed by atoms with Crippen LogP contribution in [0.2, 0.25) is 0 Å². The van der Waals surface area contributed by atoms with Crippen LogP contribution in [-0.2, 0) is 15.1 Å². The summed E-state index contributed by atoms with van der Waals surface area (Å²) in [4.78, 5) is 12.0. The summed E-state index contributed by atoms with van der Waals surface area (Å²) in [7, 11) is 1.38. The van der Waals surface area contributed by atoms with Crippen molar-refractivity contribution in [3.63, 3.8) is 0 Å². The first-order valence-electron chi connectivity index (χ1n) is 6.94. The number of rotatable bonds is 3. The second kappa shape index (κ2) is 5.33. The number of fused-ring (bicyclic) bond motifs is 1. The van der Waals surface area contributed by atoms with Crippen LogP contribution in [0, 0.1) is 5.92 Å². The molecule has 1 aliphatic rings. The molecule has 0 spiro atoms. The molecular formula is C16H22O3. The summed E-state index contributed by atoms with van der Waals surface area (Å²) in [6.07, 6.45) is 2.08. The van der Waals surface area contributed by atoms with E-state index >= 15 is 0 Å². The molecule has 1 aromatic carbocycles. The number of esters is 1. The number of aliphatic hydroxyl groups is 1. The second-order valence-electron chi connectivity index (χ2n) is 5.44. The van der Waals surface area contributed by atoms with Gasteiger partial charge in [-0.1, -0.05) is 38.1 Å². The minimum atomic E-state index is -1.09. The number of benzene rings is 1. The van der Waals surface area contributed by atoms with Crippen LogP contribution in [0.25, 0.3) is 0 Å². The van der Waals surface area contributed by atoms with Crippen LogP contribution < -0.4 is 0 Å². The predicted molar refractivity (Wildman–Crippen MR) is 73.8 cm³/mol. The van der Waals surface area contributed by atoms with Crippen LogP contribution in [0.1, 0.15) is 50.2 Å². The molecule has 104 valence electrons. The number of ether oxygens (including phenoxy) is 1. The maximum absolute atomic E-state index is 12.0. The lowest BCUT2D eigenvalue weighted by molar-refractivity contribution is -0.158. The van der Waals surface area contributed by atoms with Crippen LogP contribution in [0.5, 0.6) is 0 Å². The highest BCUT2D eigenvalue weighted by atomic mass is 16.5. The highest BCUT2D eigenvalue weighted by molar-refractivity contribution is 5.74. The van der Waals surface area contributed by atoms with Gasteiger partial charge in [0.15, 0.2) is 0 Å². The molecule has 2 rings (SSSR count). The fourth-order valence-corrected chi connectivity index (χ4v) is 3.25. The van der Waals surface area contributed by atoms with E-state index in [-0.39, 0.29) is 5.97 Å². The number of hydrogen-bond donors (Lipinski definition) is 1. The Hall–Kier alpha value is -1.35. The maximum atomic E-state index is 12.0. The average molecular weight is 262 g/mol. The van der Waals surface area contributed by atoms with E-state index < -0.39 is 11.5 Å². The van der Waals surface area contributed by atoms with E-state index in [1.165, 1.54) is 7.11 Å². The lowest BCUT2D eigenvalue weighted by Crippen LogP contribution is -2.43. The molecule has 0 saturated heterocycles. The van der Waals surface area contributed by atoms with E-state index in [0.717, 1.165) is 17.5 Å². The van der Waals surface area contributed by atoms with Crippen molar-refractivity contribution >= 4 is 5.97 Å². The second-order valence-corrected chi connectivity index (χ2v) is 5.44. The molecule has 0 fully saturated rings. The molecule has 3 nitrogen and oxygen atoms in total. The Morgan fingerprint density at radius 2 is 2.21 bits per heavy atom. The Morgan fingerprint density at radius 3 is 2.84 bits per heavy atom. The molecule has 3 heteroatoms.